The van der Waals surface area contributed by atoms with Gasteiger partial charge in [-0.25, -0.2) is 9.59 Å². The van der Waals surface area contributed by atoms with Gasteiger partial charge in [-0.05, 0) is 64.7 Å². The molecule has 1 spiro atoms. The average molecular weight is 677 g/mol. The Morgan fingerprint density at radius 2 is 1.73 bits per heavy atom. The van der Waals surface area contributed by atoms with Gasteiger partial charge < -0.3 is 33.5 Å². The number of hydrogen-bond acceptors (Lipinski definition) is 10. The molecule has 10 heteroatoms. The van der Waals surface area contributed by atoms with Gasteiger partial charge in [-0.3, -0.25) is 4.79 Å². The summed E-state index contributed by atoms with van der Waals surface area (Å²) in [7, 11) is 0. The van der Waals surface area contributed by atoms with E-state index in [1.165, 1.54) is 0 Å². The molecule has 0 amide bonds. The van der Waals surface area contributed by atoms with Crippen LogP contribution in [-0.2, 0) is 38.0 Å². The van der Waals surface area contributed by atoms with Crippen molar-refractivity contribution < 1.29 is 47.9 Å². The summed E-state index contributed by atoms with van der Waals surface area (Å²) in [6.45, 7) is 11.5. The van der Waals surface area contributed by atoms with E-state index < -0.39 is 52.2 Å². The second-order valence-electron chi connectivity index (χ2n) is 16.8. The lowest BCUT2D eigenvalue weighted by Gasteiger charge is -2.60. The third kappa shape index (κ3) is 4.65. The van der Waals surface area contributed by atoms with Gasteiger partial charge in [-0.2, -0.15) is 0 Å². The molecule has 264 valence electrons. The van der Waals surface area contributed by atoms with E-state index in [1.54, 1.807) is 20.8 Å². The van der Waals surface area contributed by atoms with Crippen molar-refractivity contribution in [3.05, 3.63) is 52.8 Å². The van der Waals surface area contributed by atoms with Gasteiger partial charge in [0.25, 0.3) is 0 Å². The minimum absolute atomic E-state index is 0.0254. The van der Waals surface area contributed by atoms with Crippen LogP contribution in [0, 0.1) is 23.2 Å². The summed E-state index contributed by atoms with van der Waals surface area (Å²) in [6.07, 6.45) is 3.61. The summed E-state index contributed by atoms with van der Waals surface area (Å²) in [5.41, 5.74) is -3.26. The summed E-state index contributed by atoms with van der Waals surface area (Å²) < 4.78 is 37.2. The number of aliphatic hydroxyl groups is 1. The third-order valence-electron chi connectivity index (χ3n) is 12.8. The lowest BCUT2D eigenvalue weighted by Crippen LogP contribution is -2.74. The Kier molecular flexibility index (Phi) is 7.33. The fourth-order valence-electron chi connectivity index (χ4n) is 10.2. The molecule has 5 fully saturated rings. The van der Waals surface area contributed by atoms with Crippen molar-refractivity contribution >= 4 is 23.9 Å². The van der Waals surface area contributed by atoms with E-state index in [4.69, 9.17) is 28.4 Å². The maximum atomic E-state index is 13.6. The Bertz CT molecular complexity index is 1650. The highest BCUT2D eigenvalue weighted by atomic mass is 16.8. The van der Waals surface area contributed by atoms with Crippen LogP contribution in [0.4, 0.5) is 4.79 Å². The van der Waals surface area contributed by atoms with E-state index in [-0.39, 0.29) is 41.3 Å². The van der Waals surface area contributed by atoms with Crippen molar-refractivity contribution in [3.8, 4) is 0 Å². The standard InChI is InChI=1S/C39H48O10/c1-21(2)38-27(47-38)20-37(43)36(6)18-17-24-28(25(36)19-26-39(37,48-26)33(38)46-34(42)49-35(3,4)5)30(45-32(24)41)29(22-13-9-7-10-14-22)44-31(40)23-15-11-8-12-16-23/h7,9-10,13-14,21,23,25-27,33,43H,8,11-12,15-20H2,1-6H3/b30-29+/t25-,26-,27-,33+,36-,37+,38-,39+/m0/s1. The molecule has 0 bridgehead atoms. The fraction of sp³-hybridized carbons (Fsp3) is 0.667. The van der Waals surface area contributed by atoms with Crippen LogP contribution in [-0.4, -0.2) is 63.9 Å². The number of allylic oxidation sites excluding steroid dienone is 1. The first-order valence-electron chi connectivity index (χ1n) is 18.1. The highest BCUT2D eigenvalue weighted by molar-refractivity contribution is 5.97. The first-order valence-corrected chi connectivity index (χ1v) is 18.1. The number of carbonyl (C=O) groups is 3. The van der Waals surface area contributed by atoms with Gasteiger partial charge in [0.05, 0.1) is 18.1 Å². The van der Waals surface area contributed by atoms with Crippen LogP contribution in [0.1, 0.15) is 105 Å². The van der Waals surface area contributed by atoms with Gasteiger partial charge in [0.2, 0.25) is 0 Å². The summed E-state index contributed by atoms with van der Waals surface area (Å²) in [5, 5.41) is 13.2. The van der Waals surface area contributed by atoms with Crippen LogP contribution in [0.15, 0.2) is 47.2 Å². The molecule has 2 saturated heterocycles. The van der Waals surface area contributed by atoms with E-state index >= 15 is 0 Å². The molecule has 8 rings (SSSR count). The van der Waals surface area contributed by atoms with Gasteiger partial charge in [0.15, 0.2) is 23.2 Å². The maximum Gasteiger partial charge on any atom is 0.509 e. The summed E-state index contributed by atoms with van der Waals surface area (Å²) in [5.74, 6) is -0.890. The molecule has 3 saturated carbocycles. The van der Waals surface area contributed by atoms with Crippen LogP contribution in [0.3, 0.4) is 0 Å². The molecule has 1 aromatic carbocycles. The number of benzene rings is 1. The Morgan fingerprint density at radius 1 is 1.02 bits per heavy atom. The SMILES string of the molecule is CC(C)[C@]12O[C@H]1C[C@]1(O)[C@]3(O[C@H]3C[C@H]3C4=C(CC[C@@]31C)C(=O)O/C4=C(/OC(=O)C1CCCCC1)c1ccccc1)[C@@H]2OC(=O)OC(C)(C)C. The molecule has 10 nitrogen and oxygen atoms in total. The number of rotatable bonds is 5. The smallest absolute Gasteiger partial charge is 0.429 e. The van der Waals surface area contributed by atoms with Crippen LogP contribution >= 0.6 is 0 Å². The van der Waals surface area contributed by atoms with Crippen LogP contribution in [0.5, 0.6) is 0 Å². The Morgan fingerprint density at radius 3 is 2.41 bits per heavy atom. The van der Waals surface area contributed by atoms with Crippen molar-refractivity contribution in [1.29, 1.82) is 0 Å². The number of esters is 2. The second kappa shape index (κ2) is 10.9. The largest absolute Gasteiger partial charge is 0.509 e. The van der Waals surface area contributed by atoms with Gasteiger partial charge in [-0.15, -0.1) is 0 Å². The van der Waals surface area contributed by atoms with Gasteiger partial charge in [-0.1, -0.05) is 70.4 Å². The Balaban J connectivity index is 1.20. The summed E-state index contributed by atoms with van der Waals surface area (Å²) in [6, 6.07) is 9.31. The van der Waals surface area contributed by atoms with Crippen molar-refractivity contribution in [1.82, 2.24) is 0 Å². The zero-order valence-electron chi connectivity index (χ0n) is 29.3. The molecule has 0 unspecified atom stereocenters. The molecule has 4 aliphatic carbocycles. The third-order valence-corrected chi connectivity index (χ3v) is 12.8. The van der Waals surface area contributed by atoms with Gasteiger partial charge in [0.1, 0.15) is 16.8 Å². The lowest BCUT2D eigenvalue weighted by molar-refractivity contribution is -0.216. The Hall–Kier alpha value is -3.21. The van der Waals surface area contributed by atoms with Crippen LogP contribution < -0.4 is 0 Å². The quantitative estimate of drug-likeness (QED) is 0.159. The van der Waals surface area contributed by atoms with Gasteiger partial charge >= 0.3 is 18.1 Å². The molecule has 1 N–H and O–H groups in total. The molecule has 8 atom stereocenters. The maximum absolute atomic E-state index is 13.6. The van der Waals surface area contributed by atoms with Gasteiger partial charge in [0, 0.05) is 28.5 Å². The van der Waals surface area contributed by atoms with Crippen molar-refractivity contribution in [2.24, 2.45) is 23.2 Å². The second-order valence-corrected chi connectivity index (χ2v) is 16.8. The zero-order valence-corrected chi connectivity index (χ0v) is 29.3. The molecule has 0 radical (unpaired) electrons. The number of epoxide rings is 2. The van der Waals surface area contributed by atoms with E-state index in [1.807, 2.05) is 51.1 Å². The van der Waals surface area contributed by atoms with Crippen molar-refractivity contribution in [2.75, 3.05) is 0 Å². The molecule has 3 heterocycles. The predicted octanol–water partition coefficient (Wildman–Crippen LogP) is 6.54. The molecule has 0 aromatic heterocycles. The number of carbonyl (C=O) groups excluding carboxylic acids is 3. The zero-order chi connectivity index (χ0) is 34.7. The minimum atomic E-state index is -1.49. The average Bonchev–Trinajstić information content (AvgIpc) is 3.94. The first kappa shape index (κ1) is 33.0. The van der Waals surface area contributed by atoms with Crippen molar-refractivity contribution in [3.63, 3.8) is 0 Å². The fourth-order valence-corrected chi connectivity index (χ4v) is 10.2. The molecule has 49 heavy (non-hydrogen) atoms. The highest BCUT2D eigenvalue weighted by Crippen LogP contribution is 2.77. The normalized spacial score (nSPS) is 40.2. The number of fused-ring (bicyclic) bond motifs is 4. The number of ether oxygens (including phenoxy) is 6. The molecular formula is C39H48O10. The summed E-state index contributed by atoms with van der Waals surface area (Å²) in [4.78, 5) is 40.5. The van der Waals surface area contributed by atoms with E-state index in [2.05, 4.69) is 0 Å². The predicted molar refractivity (Wildman–Crippen MR) is 175 cm³/mol. The number of hydrogen-bond donors (Lipinski definition) is 1. The number of cyclic esters (lactones) is 1. The highest BCUT2D eigenvalue weighted by Gasteiger charge is 2.92. The van der Waals surface area contributed by atoms with Crippen LogP contribution in [0.2, 0.25) is 0 Å². The lowest BCUT2D eigenvalue weighted by atomic mass is 9.44. The van der Waals surface area contributed by atoms with E-state index in [9.17, 15) is 19.5 Å². The molecule has 3 aliphatic heterocycles. The topological polar surface area (TPSA) is 133 Å². The summed E-state index contributed by atoms with van der Waals surface area (Å²) >= 11 is 0. The first-order chi connectivity index (χ1) is 23.2. The van der Waals surface area contributed by atoms with Crippen molar-refractivity contribution in [2.45, 2.75) is 140 Å². The van der Waals surface area contributed by atoms with Crippen LogP contribution in [0.25, 0.3) is 5.76 Å². The molecule has 7 aliphatic rings. The monoisotopic (exact) mass is 676 g/mol. The minimum Gasteiger partial charge on any atom is -0.429 e. The van der Waals surface area contributed by atoms with E-state index in [0.717, 1.165) is 32.1 Å². The van der Waals surface area contributed by atoms with E-state index in [0.29, 0.717) is 42.4 Å². The Labute approximate surface area is 287 Å². The molecule has 1 aromatic rings. The molecular weight excluding hydrogens is 628 g/mol.